The molecule has 1 aromatic rings. The molecule has 144 valence electrons. The highest BCUT2D eigenvalue weighted by Gasteiger charge is 2.30. The second-order valence-corrected chi connectivity index (χ2v) is 6.70. The summed E-state index contributed by atoms with van der Waals surface area (Å²) in [5.41, 5.74) is 5.74. The van der Waals surface area contributed by atoms with E-state index in [0.29, 0.717) is 37.9 Å². The van der Waals surface area contributed by atoms with Crippen molar-refractivity contribution in [1.29, 1.82) is 0 Å². The van der Waals surface area contributed by atoms with Gasteiger partial charge in [-0.3, -0.25) is 9.59 Å². The van der Waals surface area contributed by atoms with Crippen molar-refractivity contribution >= 4 is 11.8 Å². The summed E-state index contributed by atoms with van der Waals surface area (Å²) in [5, 5.41) is 2.76. The van der Waals surface area contributed by atoms with E-state index >= 15 is 0 Å². The minimum atomic E-state index is -4.38. The van der Waals surface area contributed by atoms with Crippen LogP contribution in [-0.4, -0.2) is 42.4 Å². The first-order valence-electron chi connectivity index (χ1n) is 8.61. The van der Waals surface area contributed by atoms with Crippen LogP contribution in [0.2, 0.25) is 0 Å². The van der Waals surface area contributed by atoms with Gasteiger partial charge in [0, 0.05) is 32.6 Å². The van der Waals surface area contributed by atoms with Crippen LogP contribution in [0.5, 0.6) is 0 Å². The molecule has 1 aliphatic rings. The van der Waals surface area contributed by atoms with Crippen molar-refractivity contribution in [3.05, 3.63) is 35.4 Å². The van der Waals surface area contributed by atoms with Gasteiger partial charge in [0.1, 0.15) is 0 Å². The third kappa shape index (κ3) is 5.72. The molecule has 2 rings (SSSR count). The summed E-state index contributed by atoms with van der Waals surface area (Å²) in [6, 6.07) is 4.92. The molecule has 26 heavy (non-hydrogen) atoms. The van der Waals surface area contributed by atoms with Crippen molar-refractivity contribution in [2.75, 3.05) is 19.6 Å². The molecule has 1 aliphatic heterocycles. The smallest absolute Gasteiger partial charge is 0.355 e. The van der Waals surface area contributed by atoms with E-state index < -0.39 is 11.7 Å². The molecule has 0 aliphatic carbocycles. The monoisotopic (exact) mass is 371 g/mol. The minimum absolute atomic E-state index is 0.121. The topological polar surface area (TPSA) is 75.4 Å². The summed E-state index contributed by atoms with van der Waals surface area (Å²) >= 11 is 0. The predicted octanol–water partition coefficient (Wildman–Crippen LogP) is 1.95. The summed E-state index contributed by atoms with van der Waals surface area (Å²) in [6.07, 6.45) is -2.84. The van der Waals surface area contributed by atoms with Gasteiger partial charge in [0.05, 0.1) is 11.5 Å². The normalized spacial score (nSPS) is 21.2. The maximum Gasteiger partial charge on any atom is 0.416 e. The number of benzene rings is 1. The highest BCUT2D eigenvalue weighted by atomic mass is 19.4. The summed E-state index contributed by atoms with van der Waals surface area (Å²) in [5.74, 6) is -0.671. The lowest BCUT2D eigenvalue weighted by atomic mass is 10.0. The summed E-state index contributed by atoms with van der Waals surface area (Å²) < 4.78 is 38.2. The van der Waals surface area contributed by atoms with E-state index in [2.05, 4.69) is 5.32 Å². The molecule has 3 N–H and O–H groups in total. The summed E-state index contributed by atoms with van der Waals surface area (Å²) in [4.78, 5) is 25.6. The molecule has 0 unspecified atom stereocenters. The average Bonchev–Trinajstić information content (AvgIpc) is 2.76. The second kappa shape index (κ2) is 8.53. The Balaban J connectivity index is 1.89. The zero-order valence-corrected chi connectivity index (χ0v) is 14.7. The molecule has 1 heterocycles. The zero-order chi connectivity index (χ0) is 19.3. The number of nitrogens with two attached hydrogens (primary N) is 1. The summed E-state index contributed by atoms with van der Waals surface area (Å²) in [7, 11) is 0. The van der Waals surface area contributed by atoms with Gasteiger partial charge in [-0.15, -0.1) is 0 Å². The fourth-order valence-corrected chi connectivity index (χ4v) is 3.07. The Bertz CT molecular complexity index is 649. The molecule has 0 bridgehead atoms. The molecule has 0 spiro atoms. The van der Waals surface area contributed by atoms with Crippen LogP contribution in [0.3, 0.4) is 0 Å². The van der Waals surface area contributed by atoms with Crippen LogP contribution in [0.25, 0.3) is 0 Å². The number of nitrogens with one attached hydrogen (secondary N) is 1. The number of likely N-dealkylation sites (tertiary alicyclic amines) is 1. The number of rotatable bonds is 4. The Morgan fingerprint density at radius 3 is 2.65 bits per heavy atom. The van der Waals surface area contributed by atoms with Gasteiger partial charge < -0.3 is 16.0 Å². The molecule has 0 radical (unpaired) electrons. The molecule has 0 saturated carbocycles. The van der Waals surface area contributed by atoms with Gasteiger partial charge in [0.2, 0.25) is 11.8 Å². The fraction of sp³-hybridized carbons (Fsp3) is 0.556. The Morgan fingerprint density at radius 2 is 2.00 bits per heavy atom. The largest absolute Gasteiger partial charge is 0.416 e. The maximum absolute atomic E-state index is 12.7. The van der Waals surface area contributed by atoms with Gasteiger partial charge in [-0.2, -0.15) is 13.2 Å². The molecular formula is C18H24F3N3O2. The Labute approximate surface area is 150 Å². The number of hydrogen-bond donors (Lipinski definition) is 2. The Kier molecular flexibility index (Phi) is 6.63. The number of carbonyl (C=O) groups excluding carboxylic acids is 2. The van der Waals surface area contributed by atoms with Gasteiger partial charge in [-0.25, -0.2) is 0 Å². The van der Waals surface area contributed by atoms with Crippen molar-refractivity contribution in [2.45, 2.75) is 38.4 Å². The van der Waals surface area contributed by atoms with E-state index in [1.807, 2.05) is 0 Å². The van der Waals surface area contributed by atoms with Crippen LogP contribution in [-0.2, 0) is 22.2 Å². The van der Waals surface area contributed by atoms with Crippen LogP contribution in [0.15, 0.2) is 24.3 Å². The predicted molar refractivity (Wildman–Crippen MR) is 91.1 cm³/mol. The van der Waals surface area contributed by atoms with Crippen LogP contribution in [0, 0.1) is 5.92 Å². The number of alkyl halides is 3. The molecule has 2 amide bonds. The Morgan fingerprint density at radius 1 is 1.27 bits per heavy atom. The molecule has 2 atom stereocenters. The number of amides is 2. The molecule has 0 aromatic heterocycles. The van der Waals surface area contributed by atoms with Gasteiger partial charge in [0.25, 0.3) is 0 Å². The van der Waals surface area contributed by atoms with E-state index in [1.165, 1.54) is 13.0 Å². The number of hydrogen-bond acceptors (Lipinski definition) is 3. The average molecular weight is 371 g/mol. The number of carbonyl (C=O) groups is 2. The van der Waals surface area contributed by atoms with Crippen molar-refractivity contribution in [2.24, 2.45) is 11.7 Å². The maximum atomic E-state index is 12.7. The standard InChI is InChI=1S/C18H24F3N3O2/c1-12(25)24-10-14(5-6-16(22)11-24)17(26)23-8-7-13-3-2-4-15(9-13)18(19,20)21/h2-4,9,14,16H,5-8,10-11,22H2,1H3,(H,23,26)/t14-,16+/m1/s1. The molecule has 1 fully saturated rings. The minimum Gasteiger partial charge on any atom is -0.355 e. The third-order valence-corrected chi connectivity index (χ3v) is 4.56. The van der Waals surface area contributed by atoms with Crippen LogP contribution >= 0.6 is 0 Å². The first kappa shape index (κ1) is 20.2. The second-order valence-electron chi connectivity index (χ2n) is 6.70. The van der Waals surface area contributed by atoms with E-state index in [4.69, 9.17) is 5.73 Å². The first-order chi connectivity index (χ1) is 12.2. The van der Waals surface area contributed by atoms with Crippen molar-refractivity contribution in [3.8, 4) is 0 Å². The first-order valence-corrected chi connectivity index (χ1v) is 8.61. The van der Waals surface area contributed by atoms with Crippen molar-refractivity contribution in [3.63, 3.8) is 0 Å². The van der Waals surface area contributed by atoms with Gasteiger partial charge in [-0.05, 0) is 30.9 Å². The molecular weight excluding hydrogens is 347 g/mol. The zero-order valence-electron chi connectivity index (χ0n) is 14.7. The highest BCUT2D eigenvalue weighted by molar-refractivity contribution is 5.80. The van der Waals surface area contributed by atoms with Gasteiger partial charge in [-0.1, -0.05) is 18.2 Å². The molecule has 8 heteroatoms. The van der Waals surface area contributed by atoms with Crippen molar-refractivity contribution < 1.29 is 22.8 Å². The Hall–Kier alpha value is -2.09. The molecule has 1 saturated heterocycles. The highest BCUT2D eigenvalue weighted by Crippen LogP contribution is 2.29. The van der Waals surface area contributed by atoms with Gasteiger partial charge in [0.15, 0.2) is 0 Å². The van der Waals surface area contributed by atoms with Crippen LogP contribution < -0.4 is 11.1 Å². The van der Waals surface area contributed by atoms with Crippen LogP contribution in [0.4, 0.5) is 13.2 Å². The van der Waals surface area contributed by atoms with Crippen molar-refractivity contribution in [1.82, 2.24) is 10.2 Å². The lowest BCUT2D eigenvalue weighted by Crippen LogP contribution is -2.42. The summed E-state index contributed by atoms with van der Waals surface area (Å²) in [6.45, 7) is 2.44. The van der Waals surface area contributed by atoms with E-state index in [1.54, 1.807) is 11.0 Å². The molecule has 5 nitrogen and oxygen atoms in total. The van der Waals surface area contributed by atoms with E-state index in [0.717, 1.165) is 12.1 Å². The van der Waals surface area contributed by atoms with E-state index in [9.17, 15) is 22.8 Å². The SMILES string of the molecule is CC(=O)N1C[C@@H](N)CC[C@@H](C(=O)NCCc2cccc(C(F)(F)F)c2)C1. The third-order valence-electron chi connectivity index (χ3n) is 4.56. The number of halogens is 3. The fourth-order valence-electron chi connectivity index (χ4n) is 3.07. The quantitative estimate of drug-likeness (QED) is 0.850. The lowest BCUT2D eigenvalue weighted by molar-refractivity contribution is -0.137. The number of nitrogens with zero attached hydrogens (tertiary/aromatic N) is 1. The van der Waals surface area contributed by atoms with Crippen LogP contribution in [0.1, 0.15) is 30.9 Å². The lowest BCUT2D eigenvalue weighted by Gasteiger charge is -2.23. The van der Waals surface area contributed by atoms with E-state index in [-0.39, 0.29) is 30.3 Å². The molecule has 1 aromatic carbocycles. The van der Waals surface area contributed by atoms with Gasteiger partial charge >= 0.3 is 6.18 Å².